The number of pyridine rings is 1. The molecule has 3 rings (SSSR count). The molecule has 0 atom stereocenters. The maximum absolute atomic E-state index is 5.83. The van der Waals surface area contributed by atoms with Crippen molar-refractivity contribution in [1.82, 2.24) is 15.0 Å². The third kappa shape index (κ3) is 3.05. The average molecular weight is 277 g/mol. The van der Waals surface area contributed by atoms with E-state index in [1.165, 1.54) is 0 Å². The Bertz CT molecular complexity index is 771. The Kier molecular flexibility index (Phi) is 3.60. The maximum atomic E-state index is 5.83. The molecule has 0 radical (unpaired) electrons. The van der Waals surface area contributed by atoms with E-state index < -0.39 is 0 Å². The first-order valence-corrected chi connectivity index (χ1v) is 6.73. The van der Waals surface area contributed by atoms with E-state index in [1.807, 2.05) is 62.4 Å². The third-order valence-electron chi connectivity index (χ3n) is 3.06. The van der Waals surface area contributed by atoms with Crippen LogP contribution in [-0.2, 0) is 0 Å². The topological polar surface area (TPSA) is 47.9 Å². The number of hydrogen-bond donors (Lipinski definition) is 0. The Labute approximate surface area is 123 Å². The number of nitrogens with zero attached hydrogens (tertiary/aromatic N) is 3. The molecule has 0 amide bonds. The summed E-state index contributed by atoms with van der Waals surface area (Å²) in [7, 11) is 0. The van der Waals surface area contributed by atoms with Crippen molar-refractivity contribution >= 4 is 0 Å². The van der Waals surface area contributed by atoms with E-state index in [2.05, 4.69) is 15.0 Å². The number of rotatable bonds is 3. The molecule has 4 nitrogen and oxygen atoms in total. The van der Waals surface area contributed by atoms with Gasteiger partial charge in [0.1, 0.15) is 11.4 Å². The molecule has 0 unspecified atom stereocenters. The summed E-state index contributed by atoms with van der Waals surface area (Å²) >= 11 is 0. The van der Waals surface area contributed by atoms with Gasteiger partial charge in [-0.05, 0) is 37.6 Å². The van der Waals surface area contributed by atoms with Gasteiger partial charge >= 0.3 is 0 Å². The smallest absolute Gasteiger partial charge is 0.219 e. The predicted octanol–water partition coefficient (Wildman–Crippen LogP) is 3.95. The first kappa shape index (κ1) is 13.2. The summed E-state index contributed by atoms with van der Waals surface area (Å²) < 4.78 is 5.83. The summed E-state index contributed by atoms with van der Waals surface area (Å²) in [5.74, 6) is 1.93. The highest BCUT2D eigenvalue weighted by Gasteiger charge is 2.06. The van der Waals surface area contributed by atoms with Crippen LogP contribution in [0.3, 0.4) is 0 Å². The lowest BCUT2D eigenvalue weighted by atomic mass is 10.2. The average Bonchev–Trinajstić information content (AvgIpc) is 2.50. The molecule has 0 saturated heterocycles. The summed E-state index contributed by atoms with van der Waals surface area (Å²) in [6.45, 7) is 3.93. The SMILES string of the molecule is Cc1ccnc(-c2cccc(Oc3ccccc3C)n2)n1. The molecular formula is C17H15N3O. The number of hydrogen-bond acceptors (Lipinski definition) is 4. The van der Waals surface area contributed by atoms with Gasteiger partial charge in [-0.2, -0.15) is 0 Å². The normalized spacial score (nSPS) is 10.4. The Balaban J connectivity index is 1.92. The zero-order chi connectivity index (χ0) is 14.7. The standard InChI is InChI=1S/C17H15N3O/c1-12-6-3-4-8-15(12)21-16-9-5-7-14(20-16)17-18-11-10-13(2)19-17/h3-11H,1-2H3. The fourth-order valence-corrected chi connectivity index (χ4v) is 1.95. The summed E-state index contributed by atoms with van der Waals surface area (Å²) in [5, 5.41) is 0. The van der Waals surface area contributed by atoms with Crippen molar-refractivity contribution in [3.05, 3.63) is 66.0 Å². The lowest BCUT2D eigenvalue weighted by molar-refractivity contribution is 0.460. The second-order valence-corrected chi connectivity index (χ2v) is 4.75. The molecule has 1 aromatic carbocycles. The van der Waals surface area contributed by atoms with E-state index in [-0.39, 0.29) is 0 Å². The molecule has 0 aliphatic carbocycles. The second-order valence-electron chi connectivity index (χ2n) is 4.75. The summed E-state index contributed by atoms with van der Waals surface area (Å²) in [6, 6.07) is 15.3. The van der Waals surface area contributed by atoms with Crippen LogP contribution in [-0.4, -0.2) is 15.0 Å². The van der Waals surface area contributed by atoms with Crippen LogP contribution in [0.1, 0.15) is 11.3 Å². The fourth-order valence-electron chi connectivity index (χ4n) is 1.95. The van der Waals surface area contributed by atoms with Crippen LogP contribution < -0.4 is 4.74 Å². The van der Waals surface area contributed by atoms with Crippen molar-refractivity contribution in [2.24, 2.45) is 0 Å². The molecule has 2 heterocycles. The number of ether oxygens (including phenoxy) is 1. The first-order chi connectivity index (χ1) is 10.2. The van der Waals surface area contributed by atoms with Gasteiger partial charge in [-0.15, -0.1) is 0 Å². The van der Waals surface area contributed by atoms with Gasteiger partial charge < -0.3 is 4.74 Å². The van der Waals surface area contributed by atoms with Crippen LogP contribution in [0, 0.1) is 13.8 Å². The number of para-hydroxylation sites is 1. The minimum atomic E-state index is 0.534. The van der Waals surface area contributed by atoms with Crippen molar-refractivity contribution in [1.29, 1.82) is 0 Å². The zero-order valence-electron chi connectivity index (χ0n) is 11.9. The Morgan fingerprint density at radius 3 is 2.52 bits per heavy atom. The van der Waals surface area contributed by atoms with Crippen LogP contribution in [0.25, 0.3) is 11.5 Å². The lowest BCUT2D eigenvalue weighted by Crippen LogP contribution is -1.95. The summed E-state index contributed by atoms with van der Waals surface area (Å²) in [5.41, 5.74) is 2.67. The molecule has 3 aromatic rings. The molecule has 0 aliphatic heterocycles. The molecule has 0 saturated carbocycles. The van der Waals surface area contributed by atoms with Gasteiger partial charge in [-0.3, -0.25) is 0 Å². The van der Waals surface area contributed by atoms with E-state index in [1.54, 1.807) is 6.20 Å². The minimum Gasteiger partial charge on any atom is -0.439 e. The minimum absolute atomic E-state index is 0.534. The van der Waals surface area contributed by atoms with Crippen molar-refractivity contribution in [2.75, 3.05) is 0 Å². The Morgan fingerprint density at radius 2 is 1.71 bits per heavy atom. The van der Waals surface area contributed by atoms with Crippen molar-refractivity contribution in [3.8, 4) is 23.1 Å². The number of aromatic nitrogens is 3. The van der Waals surface area contributed by atoms with E-state index in [9.17, 15) is 0 Å². The quantitative estimate of drug-likeness (QED) is 0.727. The lowest BCUT2D eigenvalue weighted by Gasteiger charge is -2.08. The van der Waals surface area contributed by atoms with Gasteiger partial charge in [-0.25, -0.2) is 15.0 Å². The fraction of sp³-hybridized carbons (Fsp3) is 0.118. The van der Waals surface area contributed by atoms with E-state index >= 15 is 0 Å². The van der Waals surface area contributed by atoms with Crippen LogP contribution in [0.4, 0.5) is 0 Å². The van der Waals surface area contributed by atoms with Gasteiger partial charge in [0.15, 0.2) is 5.82 Å². The van der Waals surface area contributed by atoms with Crippen LogP contribution >= 0.6 is 0 Å². The maximum Gasteiger partial charge on any atom is 0.219 e. The summed E-state index contributed by atoms with van der Waals surface area (Å²) in [4.78, 5) is 13.1. The predicted molar refractivity (Wildman–Crippen MR) is 81.3 cm³/mol. The number of benzene rings is 1. The largest absolute Gasteiger partial charge is 0.439 e. The zero-order valence-corrected chi connectivity index (χ0v) is 11.9. The van der Waals surface area contributed by atoms with Gasteiger partial charge in [0.25, 0.3) is 0 Å². The highest BCUT2D eigenvalue weighted by atomic mass is 16.5. The van der Waals surface area contributed by atoms with E-state index in [4.69, 9.17) is 4.74 Å². The molecule has 0 aliphatic rings. The van der Waals surface area contributed by atoms with Gasteiger partial charge in [0.05, 0.1) is 0 Å². The molecule has 104 valence electrons. The molecule has 4 heteroatoms. The molecule has 2 aromatic heterocycles. The van der Waals surface area contributed by atoms with E-state index in [0.717, 1.165) is 17.0 Å². The Hall–Kier alpha value is -2.75. The van der Waals surface area contributed by atoms with Crippen LogP contribution in [0.2, 0.25) is 0 Å². The molecule has 0 fully saturated rings. The molecule has 0 bridgehead atoms. The van der Waals surface area contributed by atoms with Crippen LogP contribution in [0.5, 0.6) is 11.6 Å². The first-order valence-electron chi connectivity index (χ1n) is 6.73. The number of aryl methyl sites for hydroxylation is 2. The van der Waals surface area contributed by atoms with Gasteiger partial charge in [-0.1, -0.05) is 24.3 Å². The molecule has 0 N–H and O–H groups in total. The van der Waals surface area contributed by atoms with Crippen molar-refractivity contribution in [3.63, 3.8) is 0 Å². The third-order valence-corrected chi connectivity index (χ3v) is 3.06. The van der Waals surface area contributed by atoms with Crippen molar-refractivity contribution in [2.45, 2.75) is 13.8 Å². The second kappa shape index (κ2) is 5.71. The van der Waals surface area contributed by atoms with Crippen LogP contribution in [0.15, 0.2) is 54.7 Å². The molecular weight excluding hydrogens is 262 g/mol. The summed E-state index contributed by atoms with van der Waals surface area (Å²) in [6.07, 6.45) is 1.73. The Morgan fingerprint density at radius 1 is 0.857 bits per heavy atom. The van der Waals surface area contributed by atoms with E-state index in [0.29, 0.717) is 17.4 Å². The highest BCUT2D eigenvalue weighted by molar-refractivity contribution is 5.50. The van der Waals surface area contributed by atoms with Crippen molar-refractivity contribution < 1.29 is 4.74 Å². The molecule has 0 spiro atoms. The van der Waals surface area contributed by atoms with Gasteiger partial charge in [0.2, 0.25) is 5.88 Å². The van der Waals surface area contributed by atoms with Gasteiger partial charge in [0, 0.05) is 18.0 Å². The molecule has 21 heavy (non-hydrogen) atoms. The highest BCUT2D eigenvalue weighted by Crippen LogP contribution is 2.24. The monoisotopic (exact) mass is 277 g/mol.